The largest absolute Gasteiger partial charge is 0.173 e. The van der Waals surface area contributed by atoms with E-state index in [0.29, 0.717) is 0 Å². The Morgan fingerprint density at radius 1 is 1.00 bits per heavy atom. The fraction of sp³-hybridized carbons (Fsp3) is 0.176. The van der Waals surface area contributed by atoms with Crippen molar-refractivity contribution in [3.63, 3.8) is 0 Å². The zero-order valence-electron chi connectivity index (χ0n) is 12.1. The van der Waals surface area contributed by atoms with E-state index in [1.807, 2.05) is 28.7 Å². The number of aromatic nitrogens is 2. The van der Waals surface area contributed by atoms with Gasteiger partial charge < -0.3 is 0 Å². The van der Waals surface area contributed by atoms with Crippen molar-refractivity contribution >= 4 is 45.4 Å². The molecule has 3 heterocycles. The summed E-state index contributed by atoms with van der Waals surface area (Å²) >= 11 is 5.03. The first-order valence-corrected chi connectivity index (χ1v) is 9.53. The smallest absolute Gasteiger partial charge is 0.113 e. The number of thiophene rings is 2. The Morgan fingerprint density at radius 2 is 1.91 bits per heavy atom. The molecule has 3 aromatic heterocycles. The van der Waals surface area contributed by atoms with Gasteiger partial charge in [-0.1, -0.05) is 26.0 Å². The Kier molecular flexibility index (Phi) is 2.50. The van der Waals surface area contributed by atoms with Gasteiger partial charge in [0.2, 0.25) is 0 Å². The average molecular weight is 340 g/mol. The minimum Gasteiger partial charge on any atom is -0.173 e. The maximum absolute atomic E-state index is 4.49. The topological polar surface area (TPSA) is 25.8 Å². The molecule has 0 aliphatic heterocycles. The number of benzene rings is 1. The molecule has 1 aromatic carbocycles. The van der Waals surface area contributed by atoms with E-state index >= 15 is 0 Å². The van der Waals surface area contributed by atoms with Gasteiger partial charge in [0.1, 0.15) is 11.0 Å². The van der Waals surface area contributed by atoms with Crippen molar-refractivity contribution in [3.05, 3.63) is 46.8 Å². The van der Waals surface area contributed by atoms with Crippen LogP contribution in [0.3, 0.4) is 0 Å². The Balaban J connectivity index is 1.78. The SMILES string of the molecule is CC1(C)c2ccsc2-c2sc(-c3cccc4nsnc34)cc21. The van der Waals surface area contributed by atoms with E-state index < -0.39 is 0 Å². The molecule has 0 bridgehead atoms. The highest BCUT2D eigenvalue weighted by molar-refractivity contribution is 7.23. The lowest BCUT2D eigenvalue weighted by molar-refractivity contribution is 0.663. The van der Waals surface area contributed by atoms with Crippen LogP contribution in [-0.4, -0.2) is 8.75 Å². The van der Waals surface area contributed by atoms with Gasteiger partial charge in [0.25, 0.3) is 0 Å². The van der Waals surface area contributed by atoms with Gasteiger partial charge in [-0.2, -0.15) is 8.75 Å². The Bertz CT molecular complexity index is 1020. The van der Waals surface area contributed by atoms with E-state index in [9.17, 15) is 0 Å². The maximum atomic E-state index is 4.49. The molecule has 22 heavy (non-hydrogen) atoms. The second-order valence-corrected chi connectivity index (χ2v) is 8.58. The van der Waals surface area contributed by atoms with Crippen LogP contribution in [0.25, 0.3) is 31.2 Å². The van der Waals surface area contributed by atoms with Crippen LogP contribution >= 0.6 is 34.4 Å². The minimum atomic E-state index is 0.105. The number of nitrogens with zero attached hydrogens (tertiary/aromatic N) is 2. The number of hydrogen-bond acceptors (Lipinski definition) is 5. The monoisotopic (exact) mass is 340 g/mol. The van der Waals surface area contributed by atoms with Crippen LogP contribution in [0, 0.1) is 0 Å². The molecule has 0 N–H and O–H groups in total. The molecule has 0 amide bonds. The highest BCUT2D eigenvalue weighted by atomic mass is 32.1. The fourth-order valence-electron chi connectivity index (χ4n) is 3.28. The van der Waals surface area contributed by atoms with Crippen LogP contribution in [0.1, 0.15) is 25.0 Å². The summed E-state index contributed by atoms with van der Waals surface area (Å²) < 4.78 is 8.85. The summed E-state index contributed by atoms with van der Waals surface area (Å²) in [4.78, 5) is 4.18. The standard InChI is InChI=1S/C17H12N2S3/c1-17(2)10-6-7-20-15(10)16-11(17)8-13(21-16)9-4-3-5-12-14(9)19-22-18-12/h3-8H,1-2H3. The first-order valence-electron chi connectivity index (χ1n) is 7.10. The van der Waals surface area contributed by atoms with Crippen molar-refractivity contribution in [2.45, 2.75) is 19.3 Å². The summed E-state index contributed by atoms with van der Waals surface area (Å²) in [5.74, 6) is 0. The van der Waals surface area contributed by atoms with Gasteiger partial charge in [0, 0.05) is 25.6 Å². The van der Waals surface area contributed by atoms with Crippen molar-refractivity contribution in [1.82, 2.24) is 8.75 Å². The quantitative estimate of drug-likeness (QED) is 0.438. The second kappa shape index (κ2) is 4.25. The lowest BCUT2D eigenvalue weighted by atomic mass is 9.84. The van der Waals surface area contributed by atoms with E-state index in [1.165, 1.54) is 43.0 Å². The van der Waals surface area contributed by atoms with Crippen molar-refractivity contribution in [3.8, 4) is 20.2 Å². The third-order valence-electron chi connectivity index (χ3n) is 4.50. The van der Waals surface area contributed by atoms with Gasteiger partial charge in [-0.15, -0.1) is 22.7 Å². The maximum Gasteiger partial charge on any atom is 0.113 e. The van der Waals surface area contributed by atoms with Gasteiger partial charge in [-0.3, -0.25) is 0 Å². The molecule has 0 radical (unpaired) electrons. The van der Waals surface area contributed by atoms with Crippen LogP contribution in [-0.2, 0) is 5.41 Å². The van der Waals surface area contributed by atoms with Gasteiger partial charge in [0.15, 0.2) is 0 Å². The van der Waals surface area contributed by atoms with Gasteiger partial charge in [-0.25, -0.2) is 0 Å². The zero-order valence-corrected chi connectivity index (χ0v) is 14.5. The second-order valence-electron chi connectivity index (χ2n) is 6.08. The Morgan fingerprint density at radius 3 is 2.82 bits per heavy atom. The van der Waals surface area contributed by atoms with Crippen LogP contribution in [0.5, 0.6) is 0 Å². The van der Waals surface area contributed by atoms with E-state index in [1.54, 1.807) is 0 Å². The van der Waals surface area contributed by atoms with E-state index in [2.05, 4.69) is 52.2 Å². The van der Waals surface area contributed by atoms with E-state index in [-0.39, 0.29) is 5.41 Å². The molecular weight excluding hydrogens is 328 g/mol. The third-order valence-corrected chi connectivity index (χ3v) is 7.29. The molecule has 0 spiro atoms. The molecule has 0 atom stereocenters. The first-order chi connectivity index (χ1) is 10.7. The van der Waals surface area contributed by atoms with E-state index in [4.69, 9.17) is 0 Å². The predicted molar refractivity (Wildman–Crippen MR) is 96.2 cm³/mol. The molecular formula is C17H12N2S3. The third kappa shape index (κ3) is 1.54. The molecule has 5 heteroatoms. The van der Waals surface area contributed by atoms with E-state index in [0.717, 1.165) is 11.0 Å². The first kappa shape index (κ1) is 12.9. The molecule has 0 saturated carbocycles. The Labute approximate surface area is 140 Å². The molecule has 0 fully saturated rings. The normalized spacial score (nSPS) is 15.2. The molecule has 1 aliphatic carbocycles. The van der Waals surface area contributed by atoms with Gasteiger partial charge in [0.05, 0.1) is 11.7 Å². The molecule has 1 aliphatic rings. The number of rotatable bonds is 1. The molecule has 0 saturated heterocycles. The molecule has 5 rings (SSSR count). The van der Waals surface area contributed by atoms with Crippen LogP contribution in [0.2, 0.25) is 0 Å². The molecule has 4 aromatic rings. The van der Waals surface area contributed by atoms with Crippen molar-refractivity contribution in [2.75, 3.05) is 0 Å². The molecule has 108 valence electrons. The predicted octanol–water partition coefficient (Wildman–Crippen LogP) is 5.79. The van der Waals surface area contributed by atoms with Crippen LogP contribution < -0.4 is 0 Å². The van der Waals surface area contributed by atoms with Crippen LogP contribution in [0.15, 0.2) is 35.7 Å². The lowest BCUT2D eigenvalue weighted by Crippen LogP contribution is -2.13. The van der Waals surface area contributed by atoms with Crippen molar-refractivity contribution in [1.29, 1.82) is 0 Å². The minimum absolute atomic E-state index is 0.105. The average Bonchev–Trinajstić information content (AvgIpc) is 3.24. The summed E-state index contributed by atoms with van der Waals surface area (Å²) in [7, 11) is 0. The van der Waals surface area contributed by atoms with Crippen molar-refractivity contribution in [2.24, 2.45) is 0 Å². The number of hydrogen-bond donors (Lipinski definition) is 0. The summed E-state index contributed by atoms with van der Waals surface area (Å²) in [5, 5.41) is 2.21. The van der Waals surface area contributed by atoms with Crippen LogP contribution in [0.4, 0.5) is 0 Å². The Hall–Kier alpha value is -1.56. The summed E-state index contributed by atoms with van der Waals surface area (Å²) in [6.07, 6.45) is 0. The fourth-order valence-corrected chi connectivity index (χ4v) is 6.41. The zero-order chi connectivity index (χ0) is 14.9. The highest BCUT2D eigenvalue weighted by Gasteiger charge is 2.38. The summed E-state index contributed by atoms with van der Waals surface area (Å²) in [6.45, 7) is 4.65. The highest BCUT2D eigenvalue weighted by Crippen LogP contribution is 2.56. The van der Waals surface area contributed by atoms with Gasteiger partial charge in [-0.05, 0) is 34.7 Å². The number of fused-ring (bicyclic) bond motifs is 4. The molecule has 0 unspecified atom stereocenters. The van der Waals surface area contributed by atoms with Gasteiger partial charge >= 0.3 is 0 Å². The summed E-state index contributed by atoms with van der Waals surface area (Å²) in [5.41, 5.74) is 6.25. The molecule has 2 nitrogen and oxygen atoms in total. The summed E-state index contributed by atoms with van der Waals surface area (Å²) in [6, 6.07) is 10.9. The van der Waals surface area contributed by atoms with Crippen molar-refractivity contribution < 1.29 is 0 Å². The lowest BCUT2D eigenvalue weighted by Gasteiger charge is -2.18.